The Labute approximate surface area is 123 Å². The number of rotatable bonds is 0. The molecule has 1 aromatic carbocycles. The van der Waals surface area contributed by atoms with Crippen LogP contribution in [0.4, 0.5) is 0 Å². The minimum atomic E-state index is -0.407. The van der Waals surface area contributed by atoms with Crippen molar-refractivity contribution in [2.45, 2.75) is 57.7 Å². The van der Waals surface area contributed by atoms with E-state index in [-0.39, 0.29) is 5.60 Å². The maximum Gasteiger partial charge on any atom is 0.126 e. The van der Waals surface area contributed by atoms with Crippen LogP contribution in [0.2, 0.25) is 0 Å². The van der Waals surface area contributed by atoms with Gasteiger partial charge in [-0.25, -0.2) is 0 Å². The minimum Gasteiger partial charge on any atom is -0.487 e. The van der Waals surface area contributed by atoms with Crippen molar-refractivity contribution in [2.75, 3.05) is 0 Å². The van der Waals surface area contributed by atoms with Gasteiger partial charge in [0.1, 0.15) is 11.4 Å². The molecule has 0 aromatic heterocycles. The molecule has 0 bridgehead atoms. The zero-order valence-corrected chi connectivity index (χ0v) is 13.2. The molecule has 0 amide bonds. The molecule has 1 aliphatic carbocycles. The maximum absolute atomic E-state index is 10.5. The van der Waals surface area contributed by atoms with Crippen LogP contribution in [0.25, 0.3) is 0 Å². The second-order valence-electron chi connectivity index (χ2n) is 6.88. The van der Waals surface area contributed by atoms with E-state index in [1.54, 1.807) is 0 Å². The van der Waals surface area contributed by atoms with E-state index in [9.17, 15) is 5.11 Å². The van der Waals surface area contributed by atoms with Crippen molar-refractivity contribution >= 4 is 15.9 Å². The Morgan fingerprint density at radius 1 is 1.32 bits per heavy atom. The molecule has 2 aliphatic rings. The van der Waals surface area contributed by atoms with Crippen LogP contribution in [0.15, 0.2) is 22.7 Å². The fourth-order valence-electron chi connectivity index (χ4n) is 3.81. The van der Waals surface area contributed by atoms with Gasteiger partial charge in [0, 0.05) is 16.5 Å². The number of benzene rings is 1. The Balaban J connectivity index is 1.94. The van der Waals surface area contributed by atoms with E-state index in [2.05, 4.69) is 29.8 Å². The normalized spacial score (nSPS) is 32.7. The Morgan fingerprint density at radius 2 is 2.11 bits per heavy atom. The van der Waals surface area contributed by atoms with Crippen LogP contribution in [0.5, 0.6) is 5.75 Å². The van der Waals surface area contributed by atoms with Crippen molar-refractivity contribution < 1.29 is 9.84 Å². The third-order valence-corrected chi connectivity index (χ3v) is 5.00. The van der Waals surface area contributed by atoms with Gasteiger partial charge >= 0.3 is 0 Å². The van der Waals surface area contributed by atoms with Crippen LogP contribution in [0.3, 0.4) is 0 Å². The molecule has 1 N–H and O–H groups in total. The van der Waals surface area contributed by atoms with Crippen LogP contribution in [-0.4, -0.2) is 10.7 Å². The molecule has 1 unspecified atom stereocenters. The summed E-state index contributed by atoms with van der Waals surface area (Å²) >= 11 is 3.46. The lowest BCUT2D eigenvalue weighted by Gasteiger charge is -2.48. The van der Waals surface area contributed by atoms with Crippen molar-refractivity contribution in [3.05, 3.63) is 28.2 Å². The molecule has 0 radical (unpaired) electrons. The van der Waals surface area contributed by atoms with Crippen molar-refractivity contribution in [2.24, 2.45) is 5.41 Å². The number of ether oxygens (including phenoxy) is 1. The topological polar surface area (TPSA) is 29.5 Å². The van der Waals surface area contributed by atoms with Gasteiger partial charge in [0.05, 0.1) is 6.10 Å². The molecule has 1 aromatic rings. The fourth-order valence-corrected chi connectivity index (χ4v) is 4.19. The molecule has 19 heavy (non-hydrogen) atoms. The average Bonchev–Trinajstić information content (AvgIpc) is 2.29. The first kappa shape index (κ1) is 13.4. The van der Waals surface area contributed by atoms with E-state index >= 15 is 0 Å². The Kier molecular flexibility index (Phi) is 3.18. The summed E-state index contributed by atoms with van der Waals surface area (Å²) in [6.45, 7) is 4.61. The van der Waals surface area contributed by atoms with E-state index in [0.29, 0.717) is 5.41 Å². The first-order valence-corrected chi connectivity index (χ1v) is 7.85. The summed E-state index contributed by atoms with van der Waals surface area (Å²) in [6.07, 6.45) is 4.85. The maximum atomic E-state index is 10.5. The van der Waals surface area contributed by atoms with Gasteiger partial charge in [0.25, 0.3) is 0 Å². The van der Waals surface area contributed by atoms with E-state index in [1.807, 2.05) is 18.2 Å². The molecular formula is C16H21BrO2. The lowest BCUT2D eigenvalue weighted by atomic mass is 9.67. The van der Waals surface area contributed by atoms with E-state index in [0.717, 1.165) is 35.0 Å². The van der Waals surface area contributed by atoms with Gasteiger partial charge < -0.3 is 9.84 Å². The van der Waals surface area contributed by atoms with Crippen LogP contribution in [0.1, 0.15) is 57.6 Å². The van der Waals surface area contributed by atoms with Crippen molar-refractivity contribution in [1.82, 2.24) is 0 Å². The molecule has 1 heterocycles. The lowest BCUT2D eigenvalue weighted by molar-refractivity contribution is -0.0677. The predicted octanol–water partition coefficient (Wildman–Crippen LogP) is 4.60. The number of aliphatic hydroxyl groups excluding tert-OH is 1. The largest absolute Gasteiger partial charge is 0.487 e. The summed E-state index contributed by atoms with van der Waals surface area (Å²) in [4.78, 5) is 0. The van der Waals surface area contributed by atoms with Gasteiger partial charge in [-0.1, -0.05) is 29.8 Å². The zero-order valence-electron chi connectivity index (χ0n) is 11.6. The average molecular weight is 325 g/mol. The minimum absolute atomic E-state index is 0.165. The molecule has 3 heteroatoms. The van der Waals surface area contributed by atoms with Gasteiger partial charge in [-0.15, -0.1) is 0 Å². The number of fused-ring (bicyclic) bond motifs is 1. The summed E-state index contributed by atoms with van der Waals surface area (Å²) in [5.41, 5.74) is 1.07. The Hall–Kier alpha value is -0.540. The summed E-state index contributed by atoms with van der Waals surface area (Å²) in [5, 5.41) is 10.5. The predicted molar refractivity (Wildman–Crippen MR) is 79.3 cm³/mol. The molecule has 2 nitrogen and oxygen atoms in total. The highest BCUT2D eigenvalue weighted by molar-refractivity contribution is 9.10. The van der Waals surface area contributed by atoms with Crippen molar-refractivity contribution in [3.8, 4) is 5.75 Å². The van der Waals surface area contributed by atoms with Gasteiger partial charge in [0.2, 0.25) is 0 Å². The van der Waals surface area contributed by atoms with Crippen LogP contribution >= 0.6 is 15.9 Å². The van der Waals surface area contributed by atoms with Crippen LogP contribution in [-0.2, 0) is 0 Å². The number of hydrogen-bond acceptors (Lipinski definition) is 2. The quantitative estimate of drug-likeness (QED) is 0.755. The molecule has 0 saturated heterocycles. The SMILES string of the molecule is CC1(C)CCCC2(C[C@@H](O)c3cc(Br)ccc3O2)C1. The molecule has 1 saturated carbocycles. The van der Waals surface area contributed by atoms with Crippen molar-refractivity contribution in [1.29, 1.82) is 0 Å². The van der Waals surface area contributed by atoms with E-state index in [1.165, 1.54) is 12.8 Å². The van der Waals surface area contributed by atoms with Gasteiger partial charge in [-0.3, -0.25) is 0 Å². The highest BCUT2D eigenvalue weighted by Gasteiger charge is 2.46. The summed E-state index contributed by atoms with van der Waals surface area (Å²) in [6, 6.07) is 5.94. The third-order valence-electron chi connectivity index (χ3n) is 4.51. The second kappa shape index (κ2) is 4.49. The molecule has 3 rings (SSSR count). The number of halogens is 1. The smallest absolute Gasteiger partial charge is 0.126 e. The third kappa shape index (κ3) is 2.55. The summed E-state index contributed by atoms with van der Waals surface area (Å²) in [7, 11) is 0. The monoisotopic (exact) mass is 324 g/mol. The fraction of sp³-hybridized carbons (Fsp3) is 0.625. The summed E-state index contributed by atoms with van der Waals surface area (Å²) < 4.78 is 7.33. The first-order chi connectivity index (χ1) is 8.89. The number of aliphatic hydroxyl groups is 1. The molecule has 1 fully saturated rings. The Bertz CT molecular complexity index is 498. The second-order valence-corrected chi connectivity index (χ2v) is 7.80. The lowest BCUT2D eigenvalue weighted by Crippen LogP contribution is -2.47. The highest BCUT2D eigenvalue weighted by atomic mass is 79.9. The molecule has 1 aliphatic heterocycles. The first-order valence-electron chi connectivity index (χ1n) is 7.06. The van der Waals surface area contributed by atoms with Crippen LogP contribution in [0, 0.1) is 5.41 Å². The summed E-state index contributed by atoms with van der Waals surface area (Å²) in [5.74, 6) is 0.861. The highest BCUT2D eigenvalue weighted by Crippen LogP contribution is 2.51. The molecule has 104 valence electrons. The zero-order chi connectivity index (χ0) is 13.7. The molecule has 1 spiro atoms. The Morgan fingerprint density at radius 3 is 2.84 bits per heavy atom. The van der Waals surface area contributed by atoms with E-state index < -0.39 is 6.10 Å². The molecular weight excluding hydrogens is 304 g/mol. The van der Waals surface area contributed by atoms with Gasteiger partial charge in [-0.2, -0.15) is 0 Å². The van der Waals surface area contributed by atoms with Gasteiger partial charge in [-0.05, 0) is 49.3 Å². The number of hydrogen-bond donors (Lipinski definition) is 1. The van der Waals surface area contributed by atoms with Gasteiger partial charge in [0.15, 0.2) is 0 Å². The molecule has 2 atom stereocenters. The van der Waals surface area contributed by atoms with Crippen molar-refractivity contribution in [3.63, 3.8) is 0 Å². The standard InChI is InChI=1S/C16H21BrO2/c1-15(2)6-3-7-16(10-15)9-13(18)12-8-11(17)4-5-14(12)19-16/h4-5,8,13,18H,3,6-7,9-10H2,1-2H3/t13-,16?/m1/s1. The van der Waals surface area contributed by atoms with E-state index in [4.69, 9.17) is 4.74 Å². The van der Waals surface area contributed by atoms with Crippen LogP contribution < -0.4 is 4.74 Å².